The van der Waals surface area contributed by atoms with Gasteiger partial charge in [-0.1, -0.05) is 22.0 Å². The van der Waals surface area contributed by atoms with Crippen LogP contribution >= 0.6 is 15.9 Å². The minimum absolute atomic E-state index is 0.0179. The Bertz CT molecular complexity index is 398. The molecule has 0 saturated carbocycles. The molecule has 0 aliphatic rings. The molecule has 5 heteroatoms. The zero-order chi connectivity index (χ0) is 12.8. The van der Waals surface area contributed by atoms with Crippen LogP contribution in [0.1, 0.15) is 12.0 Å². The van der Waals surface area contributed by atoms with E-state index in [0.29, 0.717) is 23.1 Å². The lowest BCUT2D eigenvalue weighted by atomic mass is 10.0. The molecule has 94 valence electrons. The Kier molecular flexibility index (Phi) is 5.74. The summed E-state index contributed by atoms with van der Waals surface area (Å²) < 4.78 is 19.0. The summed E-state index contributed by atoms with van der Waals surface area (Å²) in [6, 6.07) is 4.02. The summed E-state index contributed by atoms with van der Waals surface area (Å²) in [4.78, 5) is 11.7. The number of halogens is 2. The van der Waals surface area contributed by atoms with Gasteiger partial charge in [-0.3, -0.25) is 4.79 Å². The quantitative estimate of drug-likeness (QED) is 0.875. The van der Waals surface area contributed by atoms with Crippen LogP contribution in [0.4, 0.5) is 4.39 Å². The Hall–Kier alpha value is -0.780. The molecule has 1 aromatic rings. The predicted molar refractivity (Wildman–Crippen MR) is 67.3 cm³/mol. The standard InChI is InChI=1S/C12H15BrFNO2/c1-17-5-4-11(15)12(16)6-8-2-3-9(13)7-10(8)14/h2-3,7,11H,4-6,15H2,1H3. The van der Waals surface area contributed by atoms with Gasteiger partial charge in [0.1, 0.15) is 5.82 Å². The number of carbonyl (C=O) groups excluding carboxylic acids is 1. The van der Waals surface area contributed by atoms with Crippen LogP contribution in [0.5, 0.6) is 0 Å². The monoisotopic (exact) mass is 303 g/mol. The molecule has 0 spiro atoms. The van der Waals surface area contributed by atoms with E-state index in [9.17, 15) is 9.18 Å². The highest BCUT2D eigenvalue weighted by molar-refractivity contribution is 9.10. The lowest BCUT2D eigenvalue weighted by molar-refractivity contribution is -0.120. The average molecular weight is 304 g/mol. The Morgan fingerprint density at radius 2 is 2.29 bits per heavy atom. The number of ketones is 1. The van der Waals surface area contributed by atoms with Crippen molar-refractivity contribution in [3.63, 3.8) is 0 Å². The van der Waals surface area contributed by atoms with Gasteiger partial charge in [-0.15, -0.1) is 0 Å². The average Bonchev–Trinajstić information content (AvgIpc) is 2.29. The summed E-state index contributed by atoms with van der Waals surface area (Å²) in [5.74, 6) is -0.574. The first kappa shape index (κ1) is 14.3. The van der Waals surface area contributed by atoms with Crippen LogP contribution in [0.15, 0.2) is 22.7 Å². The lowest BCUT2D eigenvalue weighted by Gasteiger charge is -2.10. The van der Waals surface area contributed by atoms with Crippen LogP contribution < -0.4 is 5.73 Å². The van der Waals surface area contributed by atoms with Crippen LogP contribution in [-0.4, -0.2) is 25.5 Å². The van der Waals surface area contributed by atoms with E-state index in [1.807, 2.05) is 0 Å². The molecule has 0 aromatic heterocycles. The van der Waals surface area contributed by atoms with E-state index in [-0.39, 0.29) is 12.2 Å². The first-order valence-corrected chi connectivity index (χ1v) is 6.05. The Morgan fingerprint density at radius 1 is 1.59 bits per heavy atom. The molecule has 0 saturated heterocycles. The van der Waals surface area contributed by atoms with Crippen molar-refractivity contribution in [2.24, 2.45) is 5.73 Å². The van der Waals surface area contributed by atoms with Crippen molar-refractivity contribution < 1.29 is 13.9 Å². The van der Waals surface area contributed by atoms with Crippen LogP contribution in [0.2, 0.25) is 0 Å². The van der Waals surface area contributed by atoms with Crippen molar-refractivity contribution in [3.8, 4) is 0 Å². The van der Waals surface area contributed by atoms with E-state index in [1.54, 1.807) is 19.2 Å². The summed E-state index contributed by atoms with van der Waals surface area (Å²) in [5, 5.41) is 0. The molecule has 1 aromatic carbocycles. The highest BCUT2D eigenvalue weighted by Crippen LogP contribution is 2.16. The number of methoxy groups -OCH3 is 1. The molecular weight excluding hydrogens is 289 g/mol. The van der Waals surface area contributed by atoms with Gasteiger partial charge in [-0.2, -0.15) is 0 Å². The van der Waals surface area contributed by atoms with Gasteiger partial charge in [0.05, 0.1) is 6.04 Å². The number of Topliss-reactive ketones (excluding diaryl/α,β-unsaturated/α-hetero) is 1. The van der Waals surface area contributed by atoms with Gasteiger partial charge in [-0.05, 0) is 24.1 Å². The molecule has 0 bridgehead atoms. The third kappa shape index (κ3) is 4.53. The molecule has 2 N–H and O–H groups in total. The molecule has 1 rings (SSSR count). The second kappa shape index (κ2) is 6.83. The van der Waals surface area contributed by atoms with E-state index in [1.165, 1.54) is 6.07 Å². The van der Waals surface area contributed by atoms with Gasteiger partial charge >= 0.3 is 0 Å². The van der Waals surface area contributed by atoms with Gasteiger partial charge < -0.3 is 10.5 Å². The molecule has 1 atom stereocenters. The fraction of sp³-hybridized carbons (Fsp3) is 0.417. The molecule has 0 heterocycles. The van der Waals surface area contributed by atoms with Crippen molar-refractivity contribution in [1.82, 2.24) is 0 Å². The molecule has 3 nitrogen and oxygen atoms in total. The van der Waals surface area contributed by atoms with E-state index in [0.717, 1.165) is 0 Å². The Labute approximate surface area is 108 Å². The highest BCUT2D eigenvalue weighted by atomic mass is 79.9. The summed E-state index contributed by atoms with van der Waals surface area (Å²) in [5.41, 5.74) is 6.04. The minimum Gasteiger partial charge on any atom is -0.385 e. The third-order valence-corrected chi connectivity index (χ3v) is 2.92. The first-order chi connectivity index (χ1) is 8.04. The molecule has 17 heavy (non-hydrogen) atoms. The van der Waals surface area contributed by atoms with Crippen molar-refractivity contribution in [3.05, 3.63) is 34.1 Å². The van der Waals surface area contributed by atoms with Crippen LogP contribution in [0.25, 0.3) is 0 Å². The minimum atomic E-state index is -0.599. The van der Waals surface area contributed by atoms with Crippen LogP contribution in [0, 0.1) is 5.82 Å². The molecule has 0 radical (unpaired) electrons. The van der Waals surface area contributed by atoms with Crippen LogP contribution in [-0.2, 0) is 16.0 Å². The largest absolute Gasteiger partial charge is 0.385 e. The number of carbonyl (C=O) groups is 1. The summed E-state index contributed by atoms with van der Waals surface area (Å²) in [7, 11) is 1.55. The maximum Gasteiger partial charge on any atom is 0.154 e. The van der Waals surface area contributed by atoms with E-state index in [2.05, 4.69) is 15.9 Å². The molecular formula is C12H15BrFNO2. The third-order valence-electron chi connectivity index (χ3n) is 2.43. The van der Waals surface area contributed by atoms with Gasteiger partial charge in [0.2, 0.25) is 0 Å². The predicted octanol–water partition coefficient (Wildman–Crippen LogP) is 2.06. The molecule has 0 aliphatic carbocycles. The number of ether oxygens (including phenoxy) is 1. The maximum atomic E-state index is 13.5. The Morgan fingerprint density at radius 3 is 2.88 bits per heavy atom. The fourth-order valence-electron chi connectivity index (χ4n) is 1.39. The van der Waals surface area contributed by atoms with Gasteiger partial charge in [0.25, 0.3) is 0 Å². The second-order valence-electron chi connectivity index (χ2n) is 3.77. The summed E-state index contributed by atoms with van der Waals surface area (Å²) in [6.45, 7) is 0.426. The molecule has 0 aliphatic heterocycles. The summed E-state index contributed by atoms with van der Waals surface area (Å²) >= 11 is 3.16. The zero-order valence-electron chi connectivity index (χ0n) is 9.58. The van der Waals surface area contributed by atoms with Gasteiger partial charge in [-0.25, -0.2) is 4.39 Å². The van der Waals surface area contributed by atoms with E-state index < -0.39 is 11.9 Å². The van der Waals surface area contributed by atoms with Gasteiger partial charge in [0.15, 0.2) is 5.78 Å². The number of hydrogen-bond donors (Lipinski definition) is 1. The highest BCUT2D eigenvalue weighted by Gasteiger charge is 2.15. The molecule has 1 unspecified atom stereocenters. The number of benzene rings is 1. The van der Waals surface area contributed by atoms with E-state index in [4.69, 9.17) is 10.5 Å². The Balaban J connectivity index is 2.61. The SMILES string of the molecule is COCCC(N)C(=O)Cc1ccc(Br)cc1F. The van der Waals surface area contributed by atoms with Crippen molar-refractivity contribution in [1.29, 1.82) is 0 Å². The second-order valence-corrected chi connectivity index (χ2v) is 4.68. The molecule has 0 fully saturated rings. The lowest BCUT2D eigenvalue weighted by Crippen LogP contribution is -2.33. The summed E-state index contributed by atoms with van der Waals surface area (Å²) in [6.07, 6.45) is 0.470. The van der Waals surface area contributed by atoms with Crippen molar-refractivity contribution in [2.45, 2.75) is 18.9 Å². The van der Waals surface area contributed by atoms with Gasteiger partial charge in [0, 0.05) is 24.6 Å². The zero-order valence-corrected chi connectivity index (χ0v) is 11.2. The van der Waals surface area contributed by atoms with Crippen LogP contribution in [0.3, 0.4) is 0 Å². The van der Waals surface area contributed by atoms with E-state index >= 15 is 0 Å². The fourth-order valence-corrected chi connectivity index (χ4v) is 1.72. The maximum absolute atomic E-state index is 13.5. The number of nitrogens with two attached hydrogens (primary N) is 1. The normalized spacial score (nSPS) is 12.5. The first-order valence-electron chi connectivity index (χ1n) is 5.25. The number of rotatable bonds is 6. The topological polar surface area (TPSA) is 52.3 Å². The molecule has 0 amide bonds. The number of hydrogen-bond acceptors (Lipinski definition) is 3. The van der Waals surface area contributed by atoms with Crippen molar-refractivity contribution in [2.75, 3.05) is 13.7 Å². The smallest absolute Gasteiger partial charge is 0.154 e. The van der Waals surface area contributed by atoms with Crippen molar-refractivity contribution >= 4 is 21.7 Å².